The fraction of sp³-hybridized carbons (Fsp3) is 0.600. The maximum atomic E-state index is 4.67. The third-order valence-electron chi connectivity index (χ3n) is 3.43. The Bertz CT molecular complexity index is 644. The zero-order chi connectivity index (χ0) is 16.7. The van der Waals surface area contributed by atoms with E-state index in [9.17, 15) is 0 Å². The van der Waals surface area contributed by atoms with E-state index in [1.54, 1.807) is 22.3 Å². The Morgan fingerprint density at radius 2 is 2.17 bits per heavy atom. The lowest BCUT2D eigenvalue weighted by molar-refractivity contribution is 0.697. The molecule has 0 radical (unpaired) electrons. The first-order chi connectivity index (χ1) is 11.1. The van der Waals surface area contributed by atoms with Gasteiger partial charge in [-0.2, -0.15) is 5.10 Å². The third-order valence-corrected chi connectivity index (χ3v) is 4.50. The van der Waals surface area contributed by atoms with Crippen molar-refractivity contribution >= 4 is 17.3 Å². The number of nitrogens with zero attached hydrogens (tertiary/aromatic N) is 5. The Labute approximate surface area is 141 Å². The molecule has 2 heterocycles. The predicted octanol–water partition coefficient (Wildman–Crippen LogP) is 1.44. The maximum absolute atomic E-state index is 4.67. The van der Waals surface area contributed by atoms with Gasteiger partial charge in [-0.1, -0.05) is 6.92 Å². The second-order valence-corrected chi connectivity index (χ2v) is 6.42. The van der Waals surface area contributed by atoms with Crippen molar-refractivity contribution in [1.29, 1.82) is 0 Å². The standard InChI is InChI=1S/C15H25N7S/c1-5-12-11(3)23-14(21-12)7-8-17-15(16-6-2)18-9-13-19-10-20-22(13)4/h10H,5-9H2,1-4H3,(H2,16,17,18). The first-order valence-corrected chi connectivity index (χ1v) is 8.75. The second-order valence-electron chi connectivity index (χ2n) is 5.14. The summed E-state index contributed by atoms with van der Waals surface area (Å²) >= 11 is 1.78. The summed E-state index contributed by atoms with van der Waals surface area (Å²) in [5, 5.41) is 11.8. The molecular weight excluding hydrogens is 310 g/mol. The molecule has 0 aliphatic rings. The van der Waals surface area contributed by atoms with Crippen molar-refractivity contribution in [2.24, 2.45) is 12.0 Å². The van der Waals surface area contributed by atoms with E-state index in [0.29, 0.717) is 6.54 Å². The minimum absolute atomic E-state index is 0.502. The van der Waals surface area contributed by atoms with Gasteiger partial charge in [0.25, 0.3) is 0 Å². The fourth-order valence-electron chi connectivity index (χ4n) is 2.17. The van der Waals surface area contributed by atoms with Gasteiger partial charge in [-0.25, -0.2) is 15.0 Å². The van der Waals surface area contributed by atoms with Crippen molar-refractivity contribution < 1.29 is 0 Å². The van der Waals surface area contributed by atoms with Gasteiger partial charge >= 0.3 is 0 Å². The first-order valence-electron chi connectivity index (χ1n) is 7.94. The van der Waals surface area contributed by atoms with Crippen molar-refractivity contribution in [2.75, 3.05) is 13.1 Å². The Morgan fingerprint density at radius 1 is 1.35 bits per heavy atom. The molecule has 0 spiro atoms. The molecule has 0 aromatic carbocycles. The van der Waals surface area contributed by atoms with E-state index in [2.05, 4.69) is 51.5 Å². The average Bonchev–Trinajstić information content (AvgIpc) is 3.10. The zero-order valence-electron chi connectivity index (χ0n) is 14.3. The van der Waals surface area contributed by atoms with E-state index >= 15 is 0 Å². The Morgan fingerprint density at radius 3 is 2.78 bits per heavy atom. The monoisotopic (exact) mass is 335 g/mol. The topological polar surface area (TPSA) is 80.0 Å². The molecule has 0 saturated heterocycles. The van der Waals surface area contributed by atoms with E-state index in [4.69, 9.17) is 0 Å². The number of aliphatic imine (C=N–C) groups is 1. The van der Waals surface area contributed by atoms with Crippen LogP contribution in [0.25, 0.3) is 0 Å². The lowest BCUT2D eigenvalue weighted by Crippen LogP contribution is -2.38. The highest BCUT2D eigenvalue weighted by molar-refractivity contribution is 7.11. The summed E-state index contributed by atoms with van der Waals surface area (Å²) in [4.78, 5) is 14.7. The van der Waals surface area contributed by atoms with Crippen molar-refractivity contribution in [3.05, 3.63) is 27.7 Å². The summed E-state index contributed by atoms with van der Waals surface area (Å²) in [6.07, 6.45) is 3.44. The van der Waals surface area contributed by atoms with Crippen LogP contribution in [0.4, 0.5) is 0 Å². The molecule has 2 aromatic heterocycles. The van der Waals surface area contributed by atoms with Crippen LogP contribution in [0, 0.1) is 6.92 Å². The lowest BCUT2D eigenvalue weighted by Gasteiger charge is -2.10. The maximum Gasteiger partial charge on any atom is 0.191 e. The van der Waals surface area contributed by atoms with Gasteiger partial charge in [-0.05, 0) is 20.3 Å². The number of nitrogens with one attached hydrogen (secondary N) is 2. The van der Waals surface area contributed by atoms with Gasteiger partial charge in [0.1, 0.15) is 18.7 Å². The molecule has 2 aromatic rings. The average molecular weight is 335 g/mol. The summed E-state index contributed by atoms with van der Waals surface area (Å²) in [7, 11) is 1.87. The summed E-state index contributed by atoms with van der Waals surface area (Å²) in [5.41, 5.74) is 1.22. The number of aromatic nitrogens is 4. The van der Waals surface area contributed by atoms with Gasteiger partial charge in [0, 0.05) is 31.4 Å². The SMILES string of the molecule is CCNC(=NCc1ncnn1C)NCCc1nc(CC)c(C)s1. The summed E-state index contributed by atoms with van der Waals surface area (Å²) < 4.78 is 1.73. The number of rotatable bonds is 7. The highest BCUT2D eigenvalue weighted by Crippen LogP contribution is 2.17. The van der Waals surface area contributed by atoms with Crippen LogP contribution in [0.3, 0.4) is 0 Å². The Hall–Kier alpha value is -1.96. The number of guanidine groups is 1. The summed E-state index contributed by atoms with van der Waals surface area (Å²) in [6, 6.07) is 0. The number of thiazole rings is 1. The van der Waals surface area contributed by atoms with Gasteiger partial charge < -0.3 is 10.6 Å². The first kappa shape index (κ1) is 17.4. The lowest BCUT2D eigenvalue weighted by atomic mass is 10.3. The molecule has 0 atom stereocenters. The third kappa shape index (κ3) is 5.02. The number of aryl methyl sites for hydroxylation is 3. The Kier molecular flexibility index (Phi) is 6.52. The molecule has 126 valence electrons. The molecule has 2 rings (SSSR count). The van der Waals surface area contributed by atoms with Crippen LogP contribution in [0.15, 0.2) is 11.3 Å². The van der Waals surface area contributed by atoms with Crippen LogP contribution in [0.5, 0.6) is 0 Å². The molecule has 0 aliphatic heterocycles. The highest BCUT2D eigenvalue weighted by atomic mass is 32.1. The molecule has 23 heavy (non-hydrogen) atoms. The van der Waals surface area contributed by atoms with Gasteiger partial charge in [-0.3, -0.25) is 4.68 Å². The largest absolute Gasteiger partial charge is 0.357 e. The van der Waals surface area contributed by atoms with E-state index < -0.39 is 0 Å². The van der Waals surface area contributed by atoms with Crippen molar-refractivity contribution in [2.45, 2.75) is 40.2 Å². The second kappa shape index (κ2) is 8.61. The highest BCUT2D eigenvalue weighted by Gasteiger charge is 2.06. The summed E-state index contributed by atoms with van der Waals surface area (Å²) in [6.45, 7) is 8.47. The molecule has 7 nitrogen and oxygen atoms in total. The van der Waals surface area contributed by atoms with E-state index in [0.717, 1.165) is 37.7 Å². The quantitative estimate of drug-likeness (QED) is 0.591. The molecule has 0 unspecified atom stereocenters. The van der Waals surface area contributed by atoms with Crippen molar-refractivity contribution in [3.63, 3.8) is 0 Å². The normalized spacial score (nSPS) is 11.7. The van der Waals surface area contributed by atoms with E-state index in [1.165, 1.54) is 15.6 Å². The zero-order valence-corrected chi connectivity index (χ0v) is 15.1. The van der Waals surface area contributed by atoms with Crippen molar-refractivity contribution in [1.82, 2.24) is 30.4 Å². The van der Waals surface area contributed by atoms with E-state index in [-0.39, 0.29) is 0 Å². The van der Waals surface area contributed by atoms with Gasteiger partial charge in [0.15, 0.2) is 5.96 Å². The van der Waals surface area contributed by atoms with Crippen LogP contribution in [0.1, 0.15) is 35.3 Å². The number of hydrogen-bond donors (Lipinski definition) is 2. The Balaban J connectivity index is 1.87. The molecule has 0 fully saturated rings. The fourth-order valence-corrected chi connectivity index (χ4v) is 3.19. The summed E-state index contributed by atoms with van der Waals surface area (Å²) in [5.74, 6) is 1.63. The van der Waals surface area contributed by atoms with Gasteiger partial charge in [0.05, 0.1) is 10.7 Å². The van der Waals surface area contributed by atoms with Gasteiger partial charge in [-0.15, -0.1) is 11.3 Å². The molecule has 8 heteroatoms. The molecule has 0 amide bonds. The number of hydrogen-bond acceptors (Lipinski definition) is 5. The smallest absolute Gasteiger partial charge is 0.191 e. The van der Waals surface area contributed by atoms with Crippen LogP contribution in [-0.4, -0.2) is 38.8 Å². The molecule has 0 aliphatic carbocycles. The molecule has 2 N–H and O–H groups in total. The van der Waals surface area contributed by atoms with Crippen LogP contribution >= 0.6 is 11.3 Å². The minimum Gasteiger partial charge on any atom is -0.357 e. The van der Waals surface area contributed by atoms with Crippen LogP contribution in [-0.2, 0) is 26.4 Å². The van der Waals surface area contributed by atoms with Crippen LogP contribution in [0.2, 0.25) is 0 Å². The van der Waals surface area contributed by atoms with Crippen molar-refractivity contribution in [3.8, 4) is 0 Å². The van der Waals surface area contributed by atoms with Crippen LogP contribution < -0.4 is 10.6 Å². The molecule has 0 bridgehead atoms. The predicted molar refractivity (Wildman–Crippen MR) is 93.8 cm³/mol. The molecular formula is C15H25N7S. The van der Waals surface area contributed by atoms with E-state index in [1.807, 2.05) is 7.05 Å². The van der Waals surface area contributed by atoms with Gasteiger partial charge in [0.2, 0.25) is 0 Å². The molecule has 0 saturated carbocycles. The minimum atomic E-state index is 0.502.